The lowest BCUT2D eigenvalue weighted by Crippen LogP contribution is -2.29. The Morgan fingerprint density at radius 2 is 1.53 bits per heavy atom. The first-order valence-electron chi connectivity index (χ1n) is 4.43. The Balaban J connectivity index is 2.30. The first kappa shape index (κ1) is 9.93. The van der Waals surface area contributed by atoms with Gasteiger partial charge >= 0.3 is 0 Å². The van der Waals surface area contributed by atoms with Crippen LogP contribution < -0.4 is 4.90 Å². The summed E-state index contributed by atoms with van der Waals surface area (Å²) in [4.78, 5) is 23.8. The molecule has 1 aliphatic rings. The van der Waals surface area contributed by atoms with Crippen LogP contribution in [0.4, 0.5) is 5.69 Å². The number of nitrogens with zero attached hydrogens (tertiary/aromatic N) is 1. The molecule has 0 aromatic heterocycles. The number of benzene rings is 1. The molecule has 0 saturated heterocycles. The molecule has 0 radical (unpaired) electrons. The zero-order valence-corrected chi connectivity index (χ0v) is 8.57. The van der Waals surface area contributed by atoms with E-state index in [1.807, 2.05) is 0 Å². The summed E-state index contributed by atoms with van der Waals surface area (Å²) in [5.41, 5.74) is 1.52. The van der Waals surface area contributed by atoms with Crippen LogP contribution in [0.2, 0.25) is 0 Å². The van der Waals surface area contributed by atoms with Crippen LogP contribution in [0.25, 0.3) is 0 Å². The summed E-state index contributed by atoms with van der Waals surface area (Å²) in [6, 6.07) is 7.00. The molecular formula is C11H8ClNO2. The van der Waals surface area contributed by atoms with Crippen LogP contribution in [0.1, 0.15) is 5.56 Å². The molecule has 1 aromatic rings. The van der Waals surface area contributed by atoms with Crippen molar-refractivity contribution in [3.8, 4) is 0 Å². The van der Waals surface area contributed by atoms with E-state index in [1.165, 1.54) is 12.2 Å². The van der Waals surface area contributed by atoms with E-state index in [-0.39, 0.29) is 11.8 Å². The molecule has 3 nitrogen and oxygen atoms in total. The van der Waals surface area contributed by atoms with Gasteiger partial charge in [-0.25, -0.2) is 4.90 Å². The van der Waals surface area contributed by atoms with Crippen molar-refractivity contribution >= 4 is 29.1 Å². The molecule has 0 fully saturated rings. The summed E-state index contributed by atoms with van der Waals surface area (Å²) < 4.78 is 0. The van der Waals surface area contributed by atoms with E-state index in [2.05, 4.69) is 0 Å². The van der Waals surface area contributed by atoms with Crippen LogP contribution >= 0.6 is 11.6 Å². The molecule has 0 unspecified atom stereocenters. The summed E-state index contributed by atoms with van der Waals surface area (Å²) in [5.74, 6) is -0.197. The lowest BCUT2D eigenvalue weighted by molar-refractivity contribution is -0.119. The Morgan fingerprint density at radius 1 is 1.00 bits per heavy atom. The largest absolute Gasteiger partial charge is 0.269 e. The fraction of sp³-hybridized carbons (Fsp3) is 0.0909. The minimum absolute atomic E-state index is 0.307. The predicted molar refractivity (Wildman–Crippen MR) is 57.6 cm³/mol. The molecule has 1 aromatic carbocycles. The third kappa shape index (κ3) is 1.78. The smallest absolute Gasteiger partial charge is 0.258 e. The molecule has 0 bridgehead atoms. The Hall–Kier alpha value is -1.61. The van der Waals surface area contributed by atoms with Crippen LogP contribution in [-0.2, 0) is 15.5 Å². The van der Waals surface area contributed by atoms with Crippen molar-refractivity contribution in [1.82, 2.24) is 0 Å². The van der Waals surface area contributed by atoms with Gasteiger partial charge in [-0.3, -0.25) is 9.59 Å². The molecule has 0 atom stereocenters. The van der Waals surface area contributed by atoms with E-state index in [0.29, 0.717) is 11.6 Å². The molecule has 1 aliphatic heterocycles. The molecule has 76 valence electrons. The third-order valence-electron chi connectivity index (χ3n) is 2.16. The average molecular weight is 222 g/mol. The minimum atomic E-state index is -0.307. The van der Waals surface area contributed by atoms with Gasteiger partial charge < -0.3 is 0 Å². The normalized spacial score (nSPS) is 15.1. The van der Waals surface area contributed by atoms with E-state index >= 15 is 0 Å². The topological polar surface area (TPSA) is 37.4 Å². The van der Waals surface area contributed by atoms with Crippen LogP contribution in [0.3, 0.4) is 0 Å². The van der Waals surface area contributed by atoms with Gasteiger partial charge in [-0.2, -0.15) is 0 Å². The maximum absolute atomic E-state index is 11.3. The molecule has 0 aliphatic carbocycles. The number of hydrogen-bond donors (Lipinski definition) is 0. The second-order valence-electron chi connectivity index (χ2n) is 3.15. The number of carbonyl (C=O) groups is 2. The molecule has 0 N–H and O–H groups in total. The van der Waals surface area contributed by atoms with Crippen LogP contribution in [0, 0.1) is 0 Å². The number of anilines is 1. The summed E-state index contributed by atoms with van der Waals surface area (Å²) in [6.45, 7) is 0. The highest BCUT2D eigenvalue weighted by Gasteiger charge is 2.24. The molecule has 0 saturated carbocycles. The monoisotopic (exact) mass is 221 g/mol. The van der Waals surface area contributed by atoms with E-state index < -0.39 is 0 Å². The molecule has 2 amide bonds. The maximum Gasteiger partial charge on any atom is 0.258 e. The molecule has 1 heterocycles. The van der Waals surface area contributed by atoms with Gasteiger partial charge in [0.1, 0.15) is 0 Å². The van der Waals surface area contributed by atoms with Crippen LogP contribution in [0.5, 0.6) is 0 Å². The first-order chi connectivity index (χ1) is 7.22. The lowest BCUT2D eigenvalue weighted by atomic mass is 10.2. The SMILES string of the molecule is O=C1C=CC(=O)N1c1ccc(CCl)cc1. The fourth-order valence-electron chi connectivity index (χ4n) is 1.39. The number of alkyl halides is 1. The van der Waals surface area contributed by atoms with Gasteiger partial charge in [-0.1, -0.05) is 12.1 Å². The van der Waals surface area contributed by atoms with Crippen molar-refractivity contribution in [2.45, 2.75) is 5.88 Å². The Bertz CT molecular complexity index is 418. The lowest BCUT2D eigenvalue weighted by Gasteiger charge is -2.13. The predicted octanol–water partition coefficient (Wildman–Crippen LogP) is 1.85. The number of hydrogen-bond acceptors (Lipinski definition) is 2. The number of imide groups is 1. The van der Waals surface area contributed by atoms with Gasteiger partial charge in [0.05, 0.1) is 5.69 Å². The van der Waals surface area contributed by atoms with Gasteiger partial charge in [0.2, 0.25) is 0 Å². The van der Waals surface area contributed by atoms with E-state index in [9.17, 15) is 9.59 Å². The van der Waals surface area contributed by atoms with Gasteiger partial charge in [0.15, 0.2) is 0 Å². The quantitative estimate of drug-likeness (QED) is 0.565. The van der Waals surface area contributed by atoms with Crippen molar-refractivity contribution in [1.29, 1.82) is 0 Å². The highest BCUT2D eigenvalue weighted by Crippen LogP contribution is 2.19. The first-order valence-corrected chi connectivity index (χ1v) is 4.97. The van der Waals surface area contributed by atoms with Crippen LogP contribution in [0.15, 0.2) is 36.4 Å². The van der Waals surface area contributed by atoms with Crippen molar-refractivity contribution in [3.05, 3.63) is 42.0 Å². The van der Waals surface area contributed by atoms with Gasteiger partial charge in [0.25, 0.3) is 11.8 Å². The Morgan fingerprint density at radius 3 is 2.00 bits per heavy atom. The Kier molecular flexibility index (Phi) is 2.56. The van der Waals surface area contributed by atoms with E-state index in [0.717, 1.165) is 10.5 Å². The summed E-state index contributed by atoms with van der Waals surface area (Å²) >= 11 is 5.64. The molecule has 15 heavy (non-hydrogen) atoms. The molecule has 2 rings (SSSR count). The van der Waals surface area contributed by atoms with Crippen molar-refractivity contribution < 1.29 is 9.59 Å². The maximum atomic E-state index is 11.3. The van der Waals surface area contributed by atoms with E-state index in [4.69, 9.17) is 11.6 Å². The minimum Gasteiger partial charge on any atom is -0.269 e. The number of rotatable bonds is 2. The highest BCUT2D eigenvalue weighted by molar-refractivity contribution is 6.28. The molecule has 4 heteroatoms. The standard InChI is InChI=1S/C11H8ClNO2/c12-7-8-1-3-9(4-2-8)13-10(14)5-6-11(13)15/h1-6H,7H2. The van der Waals surface area contributed by atoms with Crippen molar-refractivity contribution in [2.24, 2.45) is 0 Å². The number of carbonyl (C=O) groups excluding carboxylic acids is 2. The van der Waals surface area contributed by atoms with Crippen molar-refractivity contribution in [2.75, 3.05) is 4.90 Å². The number of amides is 2. The number of halogens is 1. The summed E-state index contributed by atoms with van der Waals surface area (Å²) in [5, 5.41) is 0. The van der Waals surface area contributed by atoms with Crippen LogP contribution in [-0.4, -0.2) is 11.8 Å². The summed E-state index contributed by atoms with van der Waals surface area (Å²) in [7, 11) is 0. The van der Waals surface area contributed by atoms with Gasteiger partial charge in [0, 0.05) is 18.0 Å². The Labute approximate surface area is 91.9 Å². The van der Waals surface area contributed by atoms with Gasteiger partial charge in [-0.15, -0.1) is 11.6 Å². The second kappa shape index (κ2) is 3.87. The summed E-state index contributed by atoms with van der Waals surface area (Å²) in [6.07, 6.45) is 2.52. The zero-order chi connectivity index (χ0) is 10.8. The highest BCUT2D eigenvalue weighted by atomic mass is 35.5. The third-order valence-corrected chi connectivity index (χ3v) is 2.47. The fourth-order valence-corrected chi connectivity index (χ4v) is 1.57. The van der Waals surface area contributed by atoms with E-state index in [1.54, 1.807) is 24.3 Å². The second-order valence-corrected chi connectivity index (χ2v) is 3.41. The molecular weight excluding hydrogens is 214 g/mol. The zero-order valence-electron chi connectivity index (χ0n) is 7.81. The van der Waals surface area contributed by atoms with Gasteiger partial charge in [-0.05, 0) is 17.7 Å². The average Bonchev–Trinajstić information content (AvgIpc) is 2.59. The van der Waals surface area contributed by atoms with Crippen molar-refractivity contribution in [3.63, 3.8) is 0 Å². The molecule has 0 spiro atoms.